The van der Waals surface area contributed by atoms with Gasteiger partial charge in [0.25, 0.3) is 5.91 Å². The molecule has 1 aromatic carbocycles. The summed E-state index contributed by atoms with van der Waals surface area (Å²) in [5.41, 5.74) is -0.427. The number of hydrogen-bond donors (Lipinski definition) is 1. The molecule has 1 amide bonds. The first-order valence-electron chi connectivity index (χ1n) is 9.53. The number of nitrogens with one attached hydrogen (secondary N) is 1. The van der Waals surface area contributed by atoms with Crippen LogP contribution in [0.3, 0.4) is 0 Å². The Bertz CT molecular complexity index is 1160. The van der Waals surface area contributed by atoms with E-state index in [-0.39, 0.29) is 5.69 Å². The Kier molecular flexibility index (Phi) is 6.80. The maximum atomic E-state index is 13.5. The zero-order chi connectivity index (χ0) is 23.7. The minimum absolute atomic E-state index is 0.166. The van der Waals surface area contributed by atoms with E-state index in [2.05, 4.69) is 22.0 Å². The summed E-state index contributed by atoms with van der Waals surface area (Å²) >= 11 is 7.50. The van der Waals surface area contributed by atoms with Crippen LogP contribution < -0.4 is 10.1 Å². The summed E-state index contributed by atoms with van der Waals surface area (Å²) < 4.78 is 37.6. The van der Waals surface area contributed by atoms with Crippen LogP contribution in [0.4, 0.5) is 8.78 Å². The van der Waals surface area contributed by atoms with Crippen LogP contribution in [0.5, 0.6) is 5.75 Å². The Morgan fingerprint density at radius 3 is 2.62 bits per heavy atom. The van der Waals surface area contributed by atoms with Gasteiger partial charge < -0.3 is 14.6 Å². The summed E-state index contributed by atoms with van der Waals surface area (Å²) in [5, 5.41) is 7.57. The molecule has 1 unspecified atom stereocenters. The standard InChI is InChI=1S/C22H22ClF2N3O3S/c1-6-12-7-13-8-14(9-15(23)18(13)26-11-12)30-20(32-5)19(29)27-21(2,3)16-10-17(31-28-16)22(4,24)25/h6-11,20H,1H2,2-5H3,(H,27,29). The van der Waals surface area contributed by atoms with E-state index < -0.39 is 28.6 Å². The fourth-order valence-electron chi connectivity index (χ4n) is 2.92. The van der Waals surface area contributed by atoms with Crippen LogP contribution in [0, 0.1) is 0 Å². The summed E-state index contributed by atoms with van der Waals surface area (Å²) in [6, 6.07) is 6.30. The molecule has 0 aliphatic rings. The molecule has 1 N–H and O–H groups in total. The molecule has 0 fully saturated rings. The number of carbonyl (C=O) groups excluding carboxylic acids is 1. The van der Waals surface area contributed by atoms with E-state index in [1.54, 1.807) is 44.5 Å². The molecule has 0 bridgehead atoms. The van der Waals surface area contributed by atoms with Crippen LogP contribution in [0.25, 0.3) is 17.0 Å². The highest BCUT2D eigenvalue weighted by molar-refractivity contribution is 7.99. The molecule has 0 aliphatic heterocycles. The first kappa shape index (κ1) is 24.0. The van der Waals surface area contributed by atoms with Gasteiger partial charge in [-0.3, -0.25) is 9.78 Å². The van der Waals surface area contributed by atoms with Gasteiger partial charge in [0.2, 0.25) is 11.2 Å². The Morgan fingerprint density at radius 1 is 1.31 bits per heavy atom. The third kappa shape index (κ3) is 5.21. The van der Waals surface area contributed by atoms with Crippen LogP contribution in [-0.2, 0) is 16.3 Å². The van der Waals surface area contributed by atoms with Gasteiger partial charge in [0.05, 0.1) is 16.1 Å². The van der Waals surface area contributed by atoms with Crippen molar-refractivity contribution in [3.05, 3.63) is 59.1 Å². The number of halogens is 3. The van der Waals surface area contributed by atoms with Gasteiger partial charge in [0.15, 0.2) is 0 Å². The van der Waals surface area contributed by atoms with Crippen molar-refractivity contribution in [3.8, 4) is 5.75 Å². The number of aromatic nitrogens is 2. The molecule has 2 aromatic heterocycles. The van der Waals surface area contributed by atoms with Crippen LogP contribution >= 0.6 is 23.4 Å². The third-order valence-corrected chi connectivity index (χ3v) is 5.68. The van der Waals surface area contributed by atoms with Crippen molar-refractivity contribution in [3.63, 3.8) is 0 Å². The topological polar surface area (TPSA) is 77.2 Å². The summed E-state index contributed by atoms with van der Waals surface area (Å²) in [5.74, 6) is -3.84. The van der Waals surface area contributed by atoms with E-state index in [9.17, 15) is 13.6 Å². The van der Waals surface area contributed by atoms with E-state index in [1.165, 1.54) is 0 Å². The lowest BCUT2D eigenvalue weighted by molar-refractivity contribution is -0.126. The van der Waals surface area contributed by atoms with Gasteiger partial charge in [-0.15, -0.1) is 11.8 Å². The molecule has 0 radical (unpaired) electrons. The lowest BCUT2D eigenvalue weighted by atomic mass is 10.00. The van der Waals surface area contributed by atoms with Gasteiger partial charge in [-0.05, 0) is 37.8 Å². The minimum Gasteiger partial charge on any atom is -0.470 e. The number of carbonyl (C=O) groups is 1. The maximum absolute atomic E-state index is 13.5. The number of nitrogens with zero attached hydrogens (tertiary/aromatic N) is 2. The molecule has 3 rings (SSSR count). The average molecular weight is 482 g/mol. The van der Waals surface area contributed by atoms with Crippen LogP contribution in [0.1, 0.15) is 37.8 Å². The summed E-state index contributed by atoms with van der Waals surface area (Å²) in [4.78, 5) is 17.2. The first-order chi connectivity index (χ1) is 14.9. The quantitative estimate of drug-likeness (QED) is 0.413. The largest absolute Gasteiger partial charge is 0.470 e. The number of alkyl halides is 2. The molecule has 170 valence electrons. The number of amides is 1. The molecule has 0 spiro atoms. The fraction of sp³-hybridized carbons (Fsp3) is 0.318. The normalized spacial score (nSPS) is 13.1. The number of ether oxygens (including phenoxy) is 1. The molecule has 0 saturated heterocycles. The van der Waals surface area contributed by atoms with E-state index >= 15 is 0 Å². The number of pyridine rings is 1. The average Bonchev–Trinajstić information content (AvgIpc) is 3.23. The van der Waals surface area contributed by atoms with Crippen molar-refractivity contribution in [2.24, 2.45) is 0 Å². The predicted molar refractivity (Wildman–Crippen MR) is 122 cm³/mol. The molecular formula is C22H22ClF2N3O3S. The number of benzene rings is 1. The minimum atomic E-state index is -3.17. The highest BCUT2D eigenvalue weighted by atomic mass is 35.5. The highest BCUT2D eigenvalue weighted by Gasteiger charge is 2.35. The van der Waals surface area contributed by atoms with Crippen molar-refractivity contribution >= 4 is 46.2 Å². The Hall–Kier alpha value is -2.65. The van der Waals surface area contributed by atoms with Gasteiger partial charge in [-0.25, -0.2) is 0 Å². The van der Waals surface area contributed by atoms with Gasteiger partial charge in [0, 0.05) is 30.6 Å². The van der Waals surface area contributed by atoms with E-state index in [4.69, 9.17) is 20.9 Å². The monoisotopic (exact) mass is 481 g/mol. The van der Waals surface area contributed by atoms with Crippen molar-refractivity contribution in [1.29, 1.82) is 0 Å². The van der Waals surface area contributed by atoms with E-state index in [0.29, 0.717) is 23.2 Å². The van der Waals surface area contributed by atoms with Gasteiger partial charge in [0.1, 0.15) is 11.4 Å². The molecule has 6 nitrogen and oxygen atoms in total. The zero-order valence-corrected chi connectivity index (χ0v) is 19.5. The molecule has 0 aliphatic carbocycles. The second kappa shape index (κ2) is 9.07. The third-order valence-electron chi connectivity index (χ3n) is 4.66. The summed E-state index contributed by atoms with van der Waals surface area (Å²) in [6.07, 6.45) is 5.03. The number of hydrogen-bond acceptors (Lipinski definition) is 6. The smallest absolute Gasteiger partial charge is 0.304 e. The van der Waals surface area contributed by atoms with Crippen molar-refractivity contribution in [2.75, 3.05) is 6.26 Å². The van der Waals surface area contributed by atoms with Crippen LogP contribution in [0.2, 0.25) is 5.02 Å². The lowest BCUT2D eigenvalue weighted by Gasteiger charge is -2.26. The molecular weight excluding hydrogens is 460 g/mol. The van der Waals surface area contributed by atoms with Crippen molar-refractivity contribution in [1.82, 2.24) is 15.5 Å². The summed E-state index contributed by atoms with van der Waals surface area (Å²) in [6.45, 7) is 7.70. The van der Waals surface area contributed by atoms with Gasteiger partial charge in [-0.2, -0.15) is 8.78 Å². The molecule has 2 heterocycles. The zero-order valence-electron chi connectivity index (χ0n) is 17.9. The second-order valence-corrected chi connectivity index (χ2v) is 9.02. The fourth-order valence-corrected chi connectivity index (χ4v) is 3.66. The highest BCUT2D eigenvalue weighted by Crippen LogP contribution is 2.32. The molecule has 32 heavy (non-hydrogen) atoms. The SMILES string of the molecule is C=Cc1cnc2c(Cl)cc(OC(SC)C(=O)NC(C)(C)c3cc(C(C)(F)F)on3)cc2c1. The van der Waals surface area contributed by atoms with Crippen molar-refractivity contribution < 1.29 is 22.8 Å². The maximum Gasteiger partial charge on any atom is 0.304 e. The Labute approximate surface area is 193 Å². The number of thioether (sulfide) groups is 1. The van der Waals surface area contributed by atoms with E-state index in [1.807, 2.05) is 6.07 Å². The summed E-state index contributed by atoms with van der Waals surface area (Å²) in [7, 11) is 0. The van der Waals surface area contributed by atoms with Gasteiger partial charge >= 0.3 is 5.92 Å². The molecule has 3 aromatic rings. The van der Waals surface area contributed by atoms with Gasteiger partial charge in [-0.1, -0.05) is 29.4 Å². The van der Waals surface area contributed by atoms with E-state index in [0.717, 1.165) is 28.8 Å². The first-order valence-corrected chi connectivity index (χ1v) is 11.2. The molecule has 1 atom stereocenters. The second-order valence-electron chi connectivity index (χ2n) is 7.71. The number of rotatable bonds is 8. The van der Waals surface area contributed by atoms with Crippen LogP contribution in [-0.4, -0.2) is 27.7 Å². The molecule has 10 heteroatoms. The number of fused-ring (bicyclic) bond motifs is 1. The predicted octanol–water partition coefficient (Wildman–Crippen LogP) is 5.75. The Morgan fingerprint density at radius 2 is 2.03 bits per heavy atom. The van der Waals surface area contributed by atoms with Crippen LogP contribution in [0.15, 0.2) is 41.6 Å². The Balaban J connectivity index is 1.80. The lowest BCUT2D eigenvalue weighted by Crippen LogP contribution is -2.46. The van der Waals surface area contributed by atoms with Crippen molar-refractivity contribution in [2.45, 2.75) is 37.7 Å². The molecule has 0 saturated carbocycles.